The zero-order valence-electron chi connectivity index (χ0n) is 14.4. The molecule has 1 amide bonds. The van der Waals surface area contributed by atoms with Crippen molar-refractivity contribution in [1.29, 1.82) is 0 Å². The van der Waals surface area contributed by atoms with Gasteiger partial charge in [0.25, 0.3) is 0 Å². The third kappa shape index (κ3) is 5.82. The lowest BCUT2D eigenvalue weighted by molar-refractivity contribution is -0.124. The number of ether oxygens (including phenoxy) is 2. The molecule has 6 heteroatoms. The summed E-state index contributed by atoms with van der Waals surface area (Å²) in [6, 6.07) is 4.67. The summed E-state index contributed by atoms with van der Waals surface area (Å²) in [5, 5.41) is 21.6. The summed E-state index contributed by atoms with van der Waals surface area (Å²) in [7, 11) is 0. The number of aliphatic hydroxyl groups excluding tert-OH is 1. The molecule has 0 radical (unpaired) electrons. The average Bonchev–Trinajstić information content (AvgIpc) is 2.46. The van der Waals surface area contributed by atoms with Crippen LogP contribution in [0.4, 0.5) is 5.69 Å². The van der Waals surface area contributed by atoms with Crippen molar-refractivity contribution in [1.82, 2.24) is 0 Å². The molecule has 0 atom stereocenters. The van der Waals surface area contributed by atoms with Gasteiger partial charge in [-0.2, -0.15) is 0 Å². The van der Waals surface area contributed by atoms with E-state index in [0.717, 1.165) is 0 Å². The van der Waals surface area contributed by atoms with Gasteiger partial charge in [0.15, 0.2) is 13.1 Å². The van der Waals surface area contributed by atoms with Crippen molar-refractivity contribution >= 4 is 11.6 Å². The molecule has 23 heavy (non-hydrogen) atoms. The Morgan fingerprint density at radius 2 is 1.96 bits per heavy atom. The van der Waals surface area contributed by atoms with E-state index in [1.165, 1.54) is 6.07 Å². The predicted molar refractivity (Wildman–Crippen MR) is 88.0 cm³/mol. The molecular weight excluding hydrogens is 298 g/mol. The molecule has 0 unspecified atom stereocenters. The molecule has 0 aromatic heterocycles. The van der Waals surface area contributed by atoms with E-state index in [1.807, 2.05) is 34.6 Å². The second-order valence-electron chi connectivity index (χ2n) is 6.30. The summed E-state index contributed by atoms with van der Waals surface area (Å²) in [5.74, 6) is 0.148. The van der Waals surface area contributed by atoms with Crippen LogP contribution in [0.15, 0.2) is 18.2 Å². The molecule has 0 fully saturated rings. The summed E-state index contributed by atoms with van der Waals surface area (Å²) < 4.78 is 10.8. The van der Waals surface area contributed by atoms with E-state index in [2.05, 4.69) is 5.32 Å². The molecule has 6 nitrogen and oxygen atoms in total. The summed E-state index contributed by atoms with van der Waals surface area (Å²) in [4.78, 5) is 12.2. The highest BCUT2D eigenvalue weighted by Gasteiger charge is 2.25. The molecule has 0 aliphatic rings. The minimum absolute atomic E-state index is 0.00858. The van der Waals surface area contributed by atoms with Gasteiger partial charge in [0.05, 0.1) is 6.10 Å². The van der Waals surface area contributed by atoms with E-state index >= 15 is 0 Å². The average molecular weight is 325 g/mol. The second-order valence-corrected chi connectivity index (χ2v) is 6.30. The normalized spacial score (nSPS) is 11.9. The number of hydrogen-bond donors (Lipinski definition) is 3. The summed E-state index contributed by atoms with van der Waals surface area (Å²) >= 11 is 0. The second kappa shape index (κ2) is 8.29. The highest BCUT2D eigenvalue weighted by molar-refractivity contribution is 5.94. The topological polar surface area (TPSA) is 88.0 Å². The smallest absolute Gasteiger partial charge is 0.230 e. The zero-order chi connectivity index (χ0) is 17.6. The number of rotatable bonds is 8. The molecule has 1 rings (SSSR count). The highest BCUT2D eigenvalue weighted by Crippen LogP contribution is 2.29. The van der Waals surface area contributed by atoms with Crippen LogP contribution >= 0.6 is 0 Å². The predicted octanol–water partition coefficient (Wildman–Crippen LogP) is 2.81. The summed E-state index contributed by atoms with van der Waals surface area (Å²) in [6.07, 6.45) is -0.968. The number of aliphatic hydroxyl groups is 2. The molecule has 0 aliphatic heterocycles. The first-order valence-corrected chi connectivity index (χ1v) is 7.73. The maximum Gasteiger partial charge on any atom is 0.230 e. The third-order valence-corrected chi connectivity index (χ3v) is 3.66. The summed E-state index contributed by atoms with van der Waals surface area (Å²) in [6.45, 7) is 9.39. The molecule has 1 aromatic rings. The molecule has 0 spiro atoms. The van der Waals surface area contributed by atoms with Gasteiger partial charge in [-0.15, -0.1) is 0 Å². The first kappa shape index (κ1) is 19.4. The highest BCUT2D eigenvalue weighted by atomic mass is 16.7. The Kier molecular flexibility index (Phi) is 7.00. The van der Waals surface area contributed by atoms with Crippen LogP contribution in [0, 0.1) is 5.41 Å². The minimum Gasteiger partial charge on any atom is -0.467 e. The number of carbonyl (C=O) groups excluding carboxylic acids is 1. The van der Waals surface area contributed by atoms with Crippen LogP contribution in [-0.4, -0.2) is 29.0 Å². The molecular formula is C17H27NO5. The molecule has 0 saturated heterocycles. The van der Waals surface area contributed by atoms with Gasteiger partial charge < -0.3 is 25.0 Å². The van der Waals surface area contributed by atoms with E-state index in [-0.39, 0.29) is 30.1 Å². The number of amides is 1. The first-order chi connectivity index (χ1) is 10.7. The van der Waals surface area contributed by atoms with Crippen molar-refractivity contribution in [3.8, 4) is 5.75 Å². The van der Waals surface area contributed by atoms with Gasteiger partial charge in [0, 0.05) is 22.7 Å². The van der Waals surface area contributed by atoms with Gasteiger partial charge in [0.1, 0.15) is 5.75 Å². The van der Waals surface area contributed by atoms with Crippen molar-refractivity contribution < 1.29 is 24.5 Å². The van der Waals surface area contributed by atoms with Crippen molar-refractivity contribution in [3.05, 3.63) is 23.8 Å². The van der Waals surface area contributed by atoms with Crippen LogP contribution in [0.5, 0.6) is 5.75 Å². The van der Waals surface area contributed by atoms with Gasteiger partial charge in [-0.05, 0) is 32.4 Å². The first-order valence-electron chi connectivity index (χ1n) is 7.73. The van der Waals surface area contributed by atoms with Gasteiger partial charge in [-0.3, -0.25) is 4.79 Å². The van der Waals surface area contributed by atoms with Gasteiger partial charge in [-0.25, -0.2) is 0 Å². The lowest BCUT2D eigenvalue weighted by Gasteiger charge is -2.22. The lowest BCUT2D eigenvalue weighted by atomic mass is 9.89. The van der Waals surface area contributed by atoms with E-state index in [9.17, 15) is 15.0 Å². The van der Waals surface area contributed by atoms with Crippen LogP contribution in [0.1, 0.15) is 52.9 Å². The van der Waals surface area contributed by atoms with Crippen molar-refractivity contribution in [2.75, 3.05) is 12.1 Å². The Bertz CT molecular complexity index is 526. The Morgan fingerprint density at radius 3 is 2.48 bits per heavy atom. The molecule has 0 bridgehead atoms. The van der Waals surface area contributed by atoms with Crippen LogP contribution in [0.2, 0.25) is 0 Å². The van der Waals surface area contributed by atoms with E-state index in [0.29, 0.717) is 12.1 Å². The zero-order valence-corrected chi connectivity index (χ0v) is 14.4. The Morgan fingerprint density at radius 1 is 1.30 bits per heavy atom. The van der Waals surface area contributed by atoms with Crippen molar-refractivity contribution in [2.45, 2.75) is 53.4 Å². The number of benzene rings is 1. The summed E-state index contributed by atoms with van der Waals surface area (Å²) in [5.41, 5.74) is 0.252. The van der Waals surface area contributed by atoms with E-state index in [1.54, 1.807) is 12.1 Å². The van der Waals surface area contributed by atoms with Crippen molar-refractivity contribution in [2.24, 2.45) is 5.41 Å². The number of hydrogen-bond acceptors (Lipinski definition) is 5. The number of anilines is 1. The van der Waals surface area contributed by atoms with Crippen LogP contribution in [-0.2, 0) is 9.53 Å². The maximum atomic E-state index is 12.2. The monoisotopic (exact) mass is 325 g/mol. The Balaban J connectivity index is 2.92. The van der Waals surface area contributed by atoms with Gasteiger partial charge in [0.2, 0.25) is 5.91 Å². The fraction of sp³-hybridized carbons (Fsp3) is 0.588. The fourth-order valence-corrected chi connectivity index (χ4v) is 1.64. The van der Waals surface area contributed by atoms with Crippen LogP contribution in [0.3, 0.4) is 0 Å². The molecule has 1 aromatic carbocycles. The third-order valence-electron chi connectivity index (χ3n) is 3.66. The lowest BCUT2D eigenvalue weighted by Crippen LogP contribution is -2.30. The standard InChI is InChI=1S/C17H27NO5/c1-6-17(4,5)16(21)18-12-7-8-13(15(19)20)14(9-12)23-10-22-11(2)3/h7-9,11,15,19-20H,6,10H2,1-5H3,(H,18,21). The Labute approximate surface area is 137 Å². The molecule has 0 saturated carbocycles. The molecule has 130 valence electrons. The molecule has 0 aliphatic carbocycles. The van der Waals surface area contributed by atoms with E-state index < -0.39 is 11.7 Å². The molecule has 3 N–H and O–H groups in total. The largest absolute Gasteiger partial charge is 0.467 e. The van der Waals surface area contributed by atoms with Crippen LogP contribution < -0.4 is 10.1 Å². The number of carbonyl (C=O) groups is 1. The minimum atomic E-state index is -1.67. The van der Waals surface area contributed by atoms with Gasteiger partial charge >= 0.3 is 0 Å². The molecule has 0 heterocycles. The SMILES string of the molecule is CCC(C)(C)C(=O)Nc1ccc(C(O)O)c(OCOC(C)C)c1. The van der Waals surface area contributed by atoms with Crippen LogP contribution in [0.25, 0.3) is 0 Å². The fourth-order valence-electron chi connectivity index (χ4n) is 1.64. The quantitative estimate of drug-likeness (QED) is 0.640. The van der Waals surface area contributed by atoms with Gasteiger partial charge in [-0.1, -0.05) is 20.8 Å². The van der Waals surface area contributed by atoms with Crippen molar-refractivity contribution in [3.63, 3.8) is 0 Å². The number of nitrogens with one attached hydrogen (secondary N) is 1. The Hall–Kier alpha value is -1.63. The van der Waals surface area contributed by atoms with E-state index in [4.69, 9.17) is 9.47 Å². The maximum absolute atomic E-state index is 12.2.